The molecule has 1 aliphatic rings. The van der Waals surface area contributed by atoms with Crippen LogP contribution in [0.25, 0.3) is 0 Å². The highest BCUT2D eigenvalue weighted by atomic mass is 16.6. The maximum absolute atomic E-state index is 12.5. The van der Waals surface area contributed by atoms with Crippen LogP contribution >= 0.6 is 0 Å². The molecule has 0 radical (unpaired) electrons. The van der Waals surface area contributed by atoms with Gasteiger partial charge in [0, 0.05) is 24.8 Å². The second-order valence-corrected chi connectivity index (χ2v) is 7.17. The first-order valence-corrected chi connectivity index (χ1v) is 9.65. The number of hydrogen-bond acceptors (Lipinski definition) is 6. The number of non-ortho nitro benzene ring substituents is 1. The summed E-state index contributed by atoms with van der Waals surface area (Å²) in [5.74, 6) is 0.203. The maximum atomic E-state index is 12.5. The molecule has 0 aliphatic carbocycles. The van der Waals surface area contributed by atoms with Crippen LogP contribution in [-0.2, 0) is 4.79 Å². The Labute approximate surface area is 169 Å². The van der Waals surface area contributed by atoms with Crippen LogP contribution in [0.5, 0.6) is 5.75 Å². The molecule has 2 atom stereocenters. The van der Waals surface area contributed by atoms with Crippen LogP contribution in [0, 0.1) is 16.0 Å². The summed E-state index contributed by atoms with van der Waals surface area (Å²) in [6, 6.07) is 15.2. The SMILES string of the molecule is O=C(Nc1ccccc1)C1CCCN(CC(O)COc2cccc([N+](=O)[O-])c2)C1. The summed E-state index contributed by atoms with van der Waals surface area (Å²) in [5, 5.41) is 24.1. The zero-order valence-corrected chi connectivity index (χ0v) is 16.1. The molecule has 1 heterocycles. The maximum Gasteiger partial charge on any atom is 0.273 e. The van der Waals surface area contributed by atoms with E-state index in [1.54, 1.807) is 12.1 Å². The molecule has 1 saturated heterocycles. The third-order valence-electron chi connectivity index (χ3n) is 4.86. The smallest absolute Gasteiger partial charge is 0.273 e. The molecule has 2 unspecified atom stereocenters. The first kappa shape index (κ1) is 20.8. The van der Waals surface area contributed by atoms with Gasteiger partial charge >= 0.3 is 0 Å². The summed E-state index contributed by atoms with van der Waals surface area (Å²) in [6.45, 7) is 1.79. The van der Waals surface area contributed by atoms with Gasteiger partial charge in [0.25, 0.3) is 5.69 Å². The molecule has 0 aromatic heterocycles. The number of aliphatic hydroxyl groups excluding tert-OH is 1. The van der Waals surface area contributed by atoms with Crippen molar-refractivity contribution in [2.75, 3.05) is 31.6 Å². The molecule has 0 saturated carbocycles. The fourth-order valence-corrected chi connectivity index (χ4v) is 3.43. The number of β-amino-alcohol motifs (C(OH)–C–C–N with tert-alkyl or cyclic N) is 1. The topological polar surface area (TPSA) is 105 Å². The van der Waals surface area contributed by atoms with Crippen LogP contribution < -0.4 is 10.1 Å². The van der Waals surface area contributed by atoms with E-state index in [1.165, 1.54) is 12.1 Å². The zero-order chi connectivity index (χ0) is 20.6. The van der Waals surface area contributed by atoms with E-state index in [4.69, 9.17) is 4.74 Å². The van der Waals surface area contributed by atoms with Gasteiger partial charge in [-0.1, -0.05) is 24.3 Å². The van der Waals surface area contributed by atoms with Gasteiger partial charge in [0.15, 0.2) is 0 Å². The van der Waals surface area contributed by atoms with Crippen molar-refractivity contribution in [2.45, 2.75) is 18.9 Å². The Balaban J connectivity index is 1.46. The van der Waals surface area contributed by atoms with Crippen molar-refractivity contribution in [2.24, 2.45) is 5.92 Å². The van der Waals surface area contributed by atoms with Gasteiger partial charge in [0.1, 0.15) is 18.5 Å². The normalized spacial score (nSPS) is 18.0. The molecule has 1 aliphatic heterocycles. The molecule has 154 valence electrons. The largest absolute Gasteiger partial charge is 0.491 e. The van der Waals surface area contributed by atoms with Gasteiger partial charge in [0.2, 0.25) is 5.91 Å². The van der Waals surface area contributed by atoms with Crippen LogP contribution in [0.3, 0.4) is 0 Å². The number of piperidine rings is 1. The summed E-state index contributed by atoms with van der Waals surface area (Å²) in [7, 11) is 0. The summed E-state index contributed by atoms with van der Waals surface area (Å²) >= 11 is 0. The first-order chi connectivity index (χ1) is 14.0. The van der Waals surface area contributed by atoms with Crippen molar-refractivity contribution in [3.05, 3.63) is 64.7 Å². The number of likely N-dealkylation sites (tertiary alicyclic amines) is 1. The number of rotatable bonds is 8. The molecule has 2 aromatic carbocycles. The van der Waals surface area contributed by atoms with E-state index in [0.717, 1.165) is 25.1 Å². The summed E-state index contributed by atoms with van der Waals surface area (Å²) in [5.41, 5.74) is 0.723. The standard InChI is InChI=1S/C21H25N3O5/c25-19(15-29-20-10-4-9-18(12-20)24(27)28)14-23-11-5-6-16(13-23)21(26)22-17-7-2-1-3-8-17/h1-4,7-10,12,16,19,25H,5-6,11,13-15H2,(H,22,26). The predicted molar refractivity (Wildman–Crippen MR) is 109 cm³/mol. The quantitative estimate of drug-likeness (QED) is 0.522. The lowest BCUT2D eigenvalue weighted by Gasteiger charge is -2.33. The first-order valence-electron chi connectivity index (χ1n) is 9.65. The number of carbonyl (C=O) groups excluding carboxylic acids is 1. The monoisotopic (exact) mass is 399 g/mol. The number of nitrogens with zero attached hydrogens (tertiary/aromatic N) is 2. The number of nitrogens with one attached hydrogen (secondary N) is 1. The van der Waals surface area contributed by atoms with Gasteiger partial charge in [0.05, 0.1) is 16.9 Å². The number of hydrogen-bond donors (Lipinski definition) is 2. The lowest BCUT2D eigenvalue weighted by molar-refractivity contribution is -0.384. The Hall–Kier alpha value is -2.97. The van der Waals surface area contributed by atoms with E-state index >= 15 is 0 Å². The minimum absolute atomic E-state index is 0.0109. The Kier molecular flexibility index (Phi) is 7.15. The molecule has 2 aromatic rings. The van der Waals surface area contributed by atoms with Crippen molar-refractivity contribution >= 4 is 17.3 Å². The van der Waals surface area contributed by atoms with E-state index in [1.807, 2.05) is 30.3 Å². The minimum atomic E-state index is -0.759. The van der Waals surface area contributed by atoms with Crippen molar-refractivity contribution in [1.82, 2.24) is 4.90 Å². The highest BCUT2D eigenvalue weighted by Crippen LogP contribution is 2.21. The second-order valence-electron chi connectivity index (χ2n) is 7.17. The fraction of sp³-hybridized carbons (Fsp3) is 0.381. The van der Waals surface area contributed by atoms with E-state index in [0.29, 0.717) is 18.8 Å². The second kappa shape index (κ2) is 9.99. The lowest BCUT2D eigenvalue weighted by Crippen LogP contribution is -2.44. The van der Waals surface area contributed by atoms with Gasteiger partial charge in [-0.2, -0.15) is 0 Å². The molecule has 1 amide bonds. The average molecular weight is 399 g/mol. The number of aliphatic hydroxyl groups is 1. The number of nitro benzene ring substituents is 1. The van der Waals surface area contributed by atoms with Crippen molar-refractivity contribution in [3.63, 3.8) is 0 Å². The van der Waals surface area contributed by atoms with E-state index in [-0.39, 0.29) is 24.1 Å². The molecule has 3 rings (SSSR count). The molecule has 29 heavy (non-hydrogen) atoms. The third-order valence-corrected chi connectivity index (χ3v) is 4.86. The number of carbonyl (C=O) groups is 1. The van der Waals surface area contributed by atoms with Gasteiger partial charge in [-0.3, -0.25) is 19.8 Å². The summed E-state index contributed by atoms with van der Waals surface area (Å²) in [6.07, 6.45) is 0.936. The molecule has 8 nitrogen and oxygen atoms in total. The van der Waals surface area contributed by atoms with Crippen LogP contribution in [0.15, 0.2) is 54.6 Å². The Bertz CT molecular complexity index is 830. The van der Waals surface area contributed by atoms with Gasteiger partial charge in [-0.25, -0.2) is 0 Å². The number of ether oxygens (including phenoxy) is 1. The van der Waals surface area contributed by atoms with Crippen LogP contribution in [0.1, 0.15) is 12.8 Å². The van der Waals surface area contributed by atoms with Crippen molar-refractivity contribution < 1.29 is 19.6 Å². The average Bonchev–Trinajstić information content (AvgIpc) is 2.73. The molecule has 2 N–H and O–H groups in total. The number of anilines is 1. The van der Waals surface area contributed by atoms with E-state index in [2.05, 4.69) is 10.2 Å². The Morgan fingerprint density at radius 1 is 1.28 bits per heavy atom. The molecule has 0 bridgehead atoms. The minimum Gasteiger partial charge on any atom is -0.491 e. The summed E-state index contributed by atoms with van der Waals surface area (Å²) < 4.78 is 5.49. The van der Waals surface area contributed by atoms with Gasteiger partial charge in [-0.05, 0) is 37.6 Å². The highest BCUT2D eigenvalue weighted by Gasteiger charge is 2.27. The fourth-order valence-electron chi connectivity index (χ4n) is 3.43. The summed E-state index contributed by atoms with van der Waals surface area (Å²) in [4.78, 5) is 24.9. The molecular weight excluding hydrogens is 374 g/mol. The molecule has 1 fully saturated rings. The number of benzene rings is 2. The molecule has 8 heteroatoms. The van der Waals surface area contributed by atoms with Crippen molar-refractivity contribution in [3.8, 4) is 5.75 Å². The third kappa shape index (κ3) is 6.27. The van der Waals surface area contributed by atoms with Crippen LogP contribution in [-0.4, -0.2) is 53.2 Å². The molecule has 0 spiro atoms. The zero-order valence-electron chi connectivity index (χ0n) is 16.1. The molecular formula is C21H25N3O5. The number of para-hydroxylation sites is 1. The lowest BCUT2D eigenvalue weighted by atomic mass is 9.96. The van der Waals surface area contributed by atoms with Crippen molar-refractivity contribution in [1.29, 1.82) is 0 Å². The number of amides is 1. The Morgan fingerprint density at radius 2 is 2.07 bits per heavy atom. The van der Waals surface area contributed by atoms with E-state index < -0.39 is 11.0 Å². The predicted octanol–water partition coefficient (Wildman–Crippen LogP) is 2.69. The van der Waals surface area contributed by atoms with Gasteiger partial charge in [-0.15, -0.1) is 0 Å². The van der Waals surface area contributed by atoms with E-state index in [9.17, 15) is 20.0 Å². The van der Waals surface area contributed by atoms with Crippen LogP contribution in [0.4, 0.5) is 11.4 Å². The number of nitro groups is 1. The highest BCUT2D eigenvalue weighted by molar-refractivity contribution is 5.92. The van der Waals surface area contributed by atoms with Crippen LogP contribution in [0.2, 0.25) is 0 Å². The van der Waals surface area contributed by atoms with Gasteiger partial charge < -0.3 is 15.2 Å². The Morgan fingerprint density at radius 3 is 2.83 bits per heavy atom.